The predicted octanol–water partition coefficient (Wildman–Crippen LogP) is 0.956. The Morgan fingerprint density at radius 3 is 3.00 bits per heavy atom. The van der Waals surface area contributed by atoms with E-state index in [2.05, 4.69) is 5.32 Å². The molecule has 2 atom stereocenters. The van der Waals surface area contributed by atoms with Crippen molar-refractivity contribution in [1.29, 1.82) is 0 Å². The molecule has 1 aliphatic rings. The summed E-state index contributed by atoms with van der Waals surface area (Å²) in [6, 6.07) is 3.90. The minimum Gasteiger partial charge on any atom is -0.468 e. The van der Waals surface area contributed by atoms with Crippen LogP contribution in [0.2, 0.25) is 0 Å². The van der Waals surface area contributed by atoms with Crippen LogP contribution in [0.25, 0.3) is 0 Å². The number of likely N-dealkylation sites (N-methyl/N-ethyl adjacent to an activating group) is 1. The van der Waals surface area contributed by atoms with Gasteiger partial charge in [-0.15, -0.1) is 0 Å². The van der Waals surface area contributed by atoms with Gasteiger partial charge in [0.15, 0.2) is 0 Å². The van der Waals surface area contributed by atoms with Gasteiger partial charge < -0.3 is 19.2 Å². The Bertz CT molecular complexity index is 254. The average molecular weight is 197 g/mol. The molecule has 0 amide bonds. The third kappa shape index (κ3) is 1.97. The van der Waals surface area contributed by atoms with Crippen LogP contribution >= 0.6 is 0 Å². The fraction of sp³-hybridized carbons (Fsp3) is 0.600. The van der Waals surface area contributed by atoms with Crippen LogP contribution in [0.1, 0.15) is 11.8 Å². The van der Waals surface area contributed by atoms with Crippen molar-refractivity contribution in [3.8, 4) is 0 Å². The van der Waals surface area contributed by atoms with E-state index in [0.717, 1.165) is 5.76 Å². The highest BCUT2D eigenvalue weighted by molar-refractivity contribution is 5.06. The lowest BCUT2D eigenvalue weighted by Gasteiger charge is -2.28. The zero-order chi connectivity index (χ0) is 9.80. The third-order valence-electron chi connectivity index (χ3n) is 2.37. The highest BCUT2D eigenvalue weighted by Gasteiger charge is 2.26. The van der Waals surface area contributed by atoms with Gasteiger partial charge in [0.1, 0.15) is 11.9 Å². The number of nitrogens with one attached hydrogen (secondary N) is 1. The maximum absolute atomic E-state index is 5.61. The molecule has 1 aliphatic heterocycles. The van der Waals surface area contributed by atoms with Crippen molar-refractivity contribution in [2.45, 2.75) is 12.1 Å². The van der Waals surface area contributed by atoms with E-state index in [1.165, 1.54) is 0 Å². The van der Waals surface area contributed by atoms with Crippen LogP contribution in [0, 0.1) is 0 Å². The van der Waals surface area contributed by atoms with Crippen LogP contribution in [0.3, 0.4) is 0 Å². The van der Waals surface area contributed by atoms with Gasteiger partial charge in [-0.1, -0.05) is 0 Å². The molecule has 14 heavy (non-hydrogen) atoms. The quantitative estimate of drug-likeness (QED) is 0.783. The van der Waals surface area contributed by atoms with Gasteiger partial charge in [-0.3, -0.25) is 0 Å². The Hall–Kier alpha value is -0.840. The highest BCUT2D eigenvalue weighted by Crippen LogP contribution is 2.21. The molecule has 2 rings (SSSR count). The van der Waals surface area contributed by atoms with Crippen molar-refractivity contribution in [3.05, 3.63) is 24.2 Å². The standard InChI is InChI=1S/C10H15NO3/c1-11-10(8-3-2-4-13-8)9-7-12-5-6-14-9/h2-4,9-11H,5-7H2,1H3. The number of hydrogen-bond acceptors (Lipinski definition) is 4. The maximum Gasteiger partial charge on any atom is 0.123 e. The number of hydrogen-bond donors (Lipinski definition) is 1. The molecule has 4 heteroatoms. The van der Waals surface area contributed by atoms with E-state index >= 15 is 0 Å². The first-order valence-corrected chi connectivity index (χ1v) is 4.82. The summed E-state index contributed by atoms with van der Waals surface area (Å²) in [5, 5.41) is 3.18. The van der Waals surface area contributed by atoms with Gasteiger partial charge in [-0.25, -0.2) is 0 Å². The molecule has 0 aromatic carbocycles. The van der Waals surface area contributed by atoms with Gasteiger partial charge in [0.05, 0.1) is 32.1 Å². The average Bonchev–Trinajstić information content (AvgIpc) is 2.74. The highest BCUT2D eigenvalue weighted by atomic mass is 16.6. The molecule has 0 saturated carbocycles. The molecule has 0 radical (unpaired) electrons. The first-order valence-electron chi connectivity index (χ1n) is 4.82. The zero-order valence-electron chi connectivity index (χ0n) is 8.23. The lowest BCUT2D eigenvalue weighted by molar-refractivity contribution is -0.103. The number of furan rings is 1. The Labute approximate surface area is 83.2 Å². The van der Waals surface area contributed by atoms with Crippen molar-refractivity contribution in [3.63, 3.8) is 0 Å². The van der Waals surface area contributed by atoms with Crippen LogP contribution in [0.5, 0.6) is 0 Å². The molecule has 0 bridgehead atoms. The summed E-state index contributed by atoms with van der Waals surface area (Å²) >= 11 is 0. The Kier molecular flexibility index (Phi) is 3.18. The van der Waals surface area contributed by atoms with E-state index in [9.17, 15) is 0 Å². The van der Waals surface area contributed by atoms with E-state index < -0.39 is 0 Å². The third-order valence-corrected chi connectivity index (χ3v) is 2.37. The summed E-state index contributed by atoms with van der Waals surface area (Å²) < 4.78 is 16.3. The second-order valence-electron chi connectivity index (χ2n) is 3.27. The molecule has 0 spiro atoms. The summed E-state index contributed by atoms with van der Waals surface area (Å²) in [4.78, 5) is 0. The van der Waals surface area contributed by atoms with Gasteiger partial charge in [0, 0.05) is 0 Å². The minimum atomic E-state index is 0.0416. The molecule has 1 aromatic heterocycles. The van der Waals surface area contributed by atoms with E-state index in [-0.39, 0.29) is 12.1 Å². The number of rotatable bonds is 3. The first-order chi connectivity index (χ1) is 6.92. The fourth-order valence-electron chi connectivity index (χ4n) is 1.68. The zero-order valence-corrected chi connectivity index (χ0v) is 8.23. The van der Waals surface area contributed by atoms with Crippen LogP contribution < -0.4 is 5.32 Å². The monoisotopic (exact) mass is 197 g/mol. The summed E-state index contributed by atoms with van der Waals surface area (Å²) in [5.74, 6) is 0.892. The maximum atomic E-state index is 5.61. The van der Waals surface area contributed by atoms with Crippen molar-refractivity contribution in [1.82, 2.24) is 5.32 Å². The van der Waals surface area contributed by atoms with Gasteiger partial charge in [0.25, 0.3) is 0 Å². The Morgan fingerprint density at radius 2 is 2.43 bits per heavy atom. The second kappa shape index (κ2) is 4.59. The minimum absolute atomic E-state index is 0.0416. The molecule has 1 N–H and O–H groups in total. The topological polar surface area (TPSA) is 43.6 Å². The molecular formula is C10H15NO3. The largest absolute Gasteiger partial charge is 0.468 e. The van der Waals surface area contributed by atoms with E-state index in [1.807, 2.05) is 19.2 Å². The molecule has 2 unspecified atom stereocenters. The lowest BCUT2D eigenvalue weighted by atomic mass is 10.1. The molecule has 1 aromatic rings. The molecule has 2 heterocycles. The van der Waals surface area contributed by atoms with Gasteiger partial charge in [0.2, 0.25) is 0 Å². The fourth-order valence-corrected chi connectivity index (χ4v) is 1.68. The van der Waals surface area contributed by atoms with Crippen molar-refractivity contribution >= 4 is 0 Å². The Balaban J connectivity index is 2.04. The first kappa shape index (κ1) is 9.71. The van der Waals surface area contributed by atoms with Crippen molar-refractivity contribution in [2.24, 2.45) is 0 Å². The normalized spacial score (nSPS) is 24.8. The second-order valence-corrected chi connectivity index (χ2v) is 3.27. The van der Waals surface area contributed by atoms with E-state index in [0.29, 0.717) is 19.8 Å². The molecular weight excluding hydrogens is 182 g/mol. The predicted molar refractivity (Wildman–Crippen MR) is 51.1 cm³/mol. The molecule has 1 fully saturated rings. The van der Waals surface area contributed by atoms with Crippen LogP contribution in [0.4, 0.5) is 0 Å². The summed E-state index contributed by atoms with van der Waals surface area (Å²) in [5.41, 5.74) is 0. The Morgan fingerprint density at radius 1 is 1.50 bits per heavy atom. The van der Waals surface area contributed by atoms with Crippen molar-refractivity contribution < 1.29 is 13.9 Å². The summed E-state index contributed by atoms with van der Waals surface area (Å²) in [6.07, 6.45) is 1.71. The molecule has 4 nitrogen and oxygen atoms in total. The van der Waals surface area contributed by atoms with E-state index in [4.69, 9.17) is 13.9 Å². The lowest BCUT2D eigenvalue weighted by Crippen LogP contribution is -2.39. The van der Waals surface area contributed by atoms with Crippen LogP contribution in [0.15, 0.2) is 22.8 Å². The van der Waals surface area contributed by atoms with Crippen LogP contribution in [-0.2, 0) is 9.47 Å². The van der Waals surface area contributed by atoms with Gasteiger partial charge in [-0.2, -0.15) is 0 Å². The summed E-state index contributed by atoms with van der Waals surface area (Å²) in [7, 11) is 1.89. The molecule has 78 valence electrons. The van der Waals surface area contributed by atoms with E-state index in [1.54, 1.807) is 6.26 Å². The van der Waals surface area contributed by atoms with Gasteiger partial charge in [-0.05, 0) is 19.2 Å². The SMILES string of the molecule is CNC(c1ccco1)C1COCCO1. The summed E-state index contributed by atoms with van der Waals surface area (Å²) in [6.45, 7) is 1.96. The molecule has 0 aliphatic carbocycles. The molecule has 1 saturated heterocycles. The van der Waals surface area contributed by atoms with Crippen LogP contribution in [-0.4, -0.2) is 33.0 Å². The smallest absolute Gasteiger partial charge is 0.123 e. The van der Waals surface area contributed by atoms with Gasteiger partial charge >= 0.3 is 0 Å². The number of ether oxygens (including phenoxy) is 2. The van der Waals surface area contributed by atoms with Crippen molar-refractivity contribution in [2.75, 3.05) is 26.9 Å².